The number of methoxy groups -OCH3 is 2. The average Bonchev–Trinajstić information content (AvgIpc) is 3.25. The maximum Gasteiger partial charge on any atom is 0.264 e. The number of hydrogen-bond acceptors (Lipinski definition) is 5. The molecule has 1 aromatic rings. The zero-order valence-corrected chi connectivity index (χ0v) is 13.5. The summed E-state index contributed by atoms with van der Waals surface area (Å²) < 4.78 is 10.5. The summed E-state index contributed by atoms with van der Waals surface area (Å²) in [5.74, 6) is 1.22. The zero-order valence-electron chi connectivity index (χ0n) is 13.5. The second-order valence-corrected chi connectivity index (χ2v) is 5.90. The Morgan fingerprint density at radius 2 is 1.96 bits per heavy atom. The molecule has 1 amide bonds. The normalized spacial score (nSPS) is 20.8. The van der Waals surface area contributed by atoms with Crippen LogP contribution in [0.2, 0.25) is 0 Å². The van der Waals surface area contributed by atoms with Gasteiger partial charge in [0.2, 0.25) is 6.10 Å². The van der Waals surface area contributed by atoms with Crippen molar-refractivity contribution in [2.24, 2.45) is 5.16 Å². The molecule has 6 heteroatoms. The molecular formula is C17H22N2O4. The number of benzene rings is 1. The van der Waals surface area contributed by atoms with Gasteiger partial charge in [-0.2, -0.15) is 0 Å². The molecule has 6 nitrogen and oxygen atoms in total. The predicted octanol–water partition coefficient (Wildman–Crippen LogP) is 2.26. The van der Waals surface area contributed by atoms with Crippen LogP contribution in [0.15, 0.2) is 23.4 Å². The summed E-state index contributed by atoms with van der Waals surface area (Å²) in [6.45, 7) is 0. The molecule has 1 saturated carbocycles. The maximum absolute atomic E-state index is 12.2. The lowest BCUT2D eigenvalue weighted by molar-refractivity contribution is -0.131. The molecule has 1 atom stereocenters. The lowest BCUT2D eigenvalue weighted by atomic mass is 10.0. The molecule has 0 unspecified atom stereocenters. The summed E-state index contributed by atoms with van der Waals surface area (Å²) in [6.07, 6.45) is 4.41. The molecule has 1 fully saturated rings. The van der Waals surface area contributed by atoms with E-state index in [1.165, 1.54) is 12.8 Å². The van der Waals surface area contributed by atoms with E-state index in [0.717, 1.165) is 24.1 Å². The van der Waals surface area contributed by atoms with Crippen molar-refractivity contribution in [2.75, 3.05) is 14.2 Å². The SMILES string of the molecule is COc1ccc(C2=NO[C@@H](C(=O)NC3CCCC3)C2)cc1OC. The van der Waals surface area contributed by atoms with Crippen LogP contribution >= 0.6 is 0 Å². The fourth-order valence-corrected chi connectivity index (χ4v) is 3.07. The van der Waals surface area contributed by atoms with E-state index in [2.05, 4.69) is 10.5 Å². The molecular weight excluding hydrogens is 296 g/mol. The molecule has 2 aliphatic rings. The summed E-state index contributed by atoms with van der Waals surface area (Å²) >= 11 is 0. The second-order valence-electron chi connectivity index (χ2n) is 5.90. The number of oxime groups is 1. The summed E-state index contributed by atoms with van der Waals surface area (Å²) in [5, 5.41) is 7.13. The van der Waals surface area contributed by atoms with Crippen molar-refractivity contribution >= 4 is 11.6 Å². The van der Waals surface area contributed by atoms with Gasteiger partial charge in [-0.25, -0.2) is 0 Å². The molecule has 1 aliphatic carbocycles. The van der Waals surface area contributed by atoms with Gasteiger partial charge in [0, 0.05) is 18.0 Å². The van der Waals surface area contributed by atoms with E-state index < -0.39 is 6.10 Å². The largest absolute Gasteiger partial charge is 0.493 e. The molecule has 1 aliphatic heterocycles. The summed E-state index contributed by atoms with van der Waals surface area (Å²) in [4.78, 5) is 17.6. The van der Waals surface area contributed by atoms with Gasteiger partial charge in [-0.1, -0.05) is 18.0 Å². The van der Waals surface area contributed by atoms with Crippen molar-refractivity contribution in [1.82, 2.24) is 5.32 Å². The molecule has 0 spiro atoms. The third-order valence-electron chi connectivity index (χ3n) is 4.38. The maximum atomic E-state index is 12.2. The highest BCUT2D eigenvalue weighted by Gasteiger charge is 2.31. The minimum atomic E-state index is -0.543. The first kappa shape index (κ1) is 15.6. The Kier molecular flexibility index (Phi) is 4.69. The van der Waals surface area contributed by atoms with Crippen LogP contribution in [-0.2, 0) is 9.63 Å². The fraction of sp³-hybridized carbons (Fsp3) is 0.529. The molecule has 1 heterocycles. The van der Waals surface area contributed by atoms with Crippen molar-refractivity contribution in [3.05, 3.63) is 23.8 Å². The van der Waals surface area contributed by atoms with Gasteiger partial charge in [0.15, 0.2) is 11.5 Å². The molecule has 0 bridgehead atoms. The van der Waals surface area contributed by atoms with Crippen LogP contribution in [0.25, 0.3) is 0 Å². The Balaban J connectivity index is 1.63. The smallest absolute Gasteiger partial charge is 0.264 e. The molecule has 124 valence electrons. The van der Waals surface area contributed by atoms with Gasteiger partial charge in [-0.3, -0.25) is 4.79 Å². The first-order valence-corrected chi connectivity index (χ1v) is 7.96. The van der Waals surface area contributed by atoms with E-state index >= 15 is 0 Å². The summed E-state index contributed by atoms with van der Waals surface area (Å²) in [7, 11) is 3.18. The van der Waals surface area contributed by atoms with Crippen LogP contribution in [0.1, 0.15) is 37.7 Å². The molecule has 0 saturated heterocycles. The number of carbonyl (C=O) groups excluding carboxylic acids is 1. The van der Waals surface area contributed by atoms with Crippen LogP contribution in [-0.4, -0.2) is 38.0 Å². The average molecular weight is 318 g/mol. The molecule has 0 radical (unpaired) electrons. The Morgan fingerprint density at radius 3 is 2.65 bits per heavy atom. The van der Waals surface area contributed by atoms with Crippen molar-refractivity contribution in [2.45, 2.75) is 44.2 Å². The van der Waals surface area contributed by atoms with E-state index in [1.54, 1.807) is 14.2 Å². The van der Waals surface area contributed by atoms with E-state index in [0.29, 0.717) is 17.9 Å². The van der Waals surface area contributed by atoms with Gasteiger partial charge in [0.25, 0.3) is 5.91 Å². The standard InChI is InChI=1S/C17H22N2O4/c1-21-14-8-7-11(9-15(14)22-2)13-10-16(23-19-13)17(20)18-12-5-3-4-6-12/h7-9,12,16H,3-6,10H2,1-2H3,(H,18,20)/t16-/m1/s1. The molecule has 23 heavy (non-hydrogen) atoms. The number of ether oxygens (including phenoxy) is 2. The summed E-state index contributed by atoms with van der Waals surface area (Å²) in [6, 6.07) is 5.85. The summed E-state index contributed by atoms with van der Waals surface area (Å²) in [5.41, 5.74) is 1.62. The quantitative estimate of drug-likeness (QED) is 0.904. The number of rotatable bonds is 5. The van der Waals surface area contributed by atoms with Crippen LogP contribution in [0.5, 0.6) is 11.5 Å². The van der Waals surface area contributed by atoms with Gasteiger partial charge in [-0.05, 0) is 31.0 Å². The number of hydrogen-bond donors (Lipinski definition) is 1. The van der Waals surface area contributed by atoms with E-state index in [-0.39, 0.29) is 11.9 Å². The highest BCUT2D eigenvalue weighted by Crippen LogP contribution is 2.29. The zero-order chi connectivity index (χ0) is 16.2. The van der Waals surface area contributed by atoms with E-state index in [4.69, 9.17) is 14.3 Å². The van der Waals surface area contributed by atoms with Gasteiger partial charge >= 0.3 is 0 Å². The van der Waals surface area contributed by atoms with Crippen molar-refractivity contribution in [3.8, 4) is 11.5 Å². The number of carbonyl (C=O) groups is 1. The lowest BCUT2D eigenvalue weighted by Crippen LogP contribution is -2.40. The van der Waals surface area contributed by atoms with Gasteiger partial charge in [0.05, 0.1) is 19.9 Å². The minimum Gasteiger partial charge on any atom is -0.493 e. The second kappa shape index (κ2) is 6.89. The number of nitrogens with zero attached hydrogens (tertiary/aromatic N) is 1. The molecule has 1 N–H and O–H groups in total. The van der Waals surface area contributed by atoms with Crippen LogP contribution in [0.3, 0.4) is 0 Å². The first-order chi connectivity index (χ1) is 11.2. The van der Waals surface area contributed by atoms with Crippen LogP contribution in [0.4, 0.5) is 0 Å². The Morgan fingerprint density at radius 1 is 1.22 bits per heavy atom. The van der Waals surface area contributed by atoms with Crippen molar-refractivity contribution in [3.63, 3.8) is 0 Å². The highest BCUT2D eigenvalue weighted by molar-refractivity contribution is 6.04. The van der Waals surface area contributed by atoms with Gasteiger partial charge in [0.1, 0.15) is 0 Å². The topological polar surface area (TPSA) is 69.2 Å². The highest BCUT2D eigenvalue weighted by atomic mass is 16.6. The van der Waals surface area contributed by atoms with Gasteiger partial charge < -0.3 is 19.6 Å². The van der Waals surface area contributed by atoms with Crippen LogP contribution < -0.4 is 14.8 Å². The molecule has 0 aromatic heterocycles. The minimum absolute atomic E-state index is 0.0730. The van der Waals surface area contributed by atoms with E-state index in [1.807, 2.05) is 18.2 Å². The third kappa shape index (κ3) is 3.41. The molecule has 1 aromatic carbocycles. The monoisotopic (exact) mass is 318 g/mol. The van der Waals surface area contributed by atoms with E-state index in [9.17, 15) is 4.79 Å². The third-order valence-corrected chi connectivity index (χ3v) is 4.38. The van der Waals surface area contributed by atoms with Crippen molar-refractivity contribution in [1.29, 1.82) is 0 Å². The Bertz CT molecular complexity index is 609. The lowest BCUT2D eigenvalue weighted by Gasteiger charge is -2.14. The Labute approximate surface area is 135 Å². The Hall–Kier alpha value is -2.24. The van der Waals surface area contributed by atoms with Crippen LogP contribution in [0, 0.1) is 0 Å². The van der Waals surface area contributed by atoms with Crippen molar-refractivity contribution < 1.29 is 19.1 Å². The first-order valence-electron chi connectivity index (χ1n) is 7.96. The van der Waals surface area contributed by atoms with Gasteiger partial charge in [-0.15, -0.1) is 0 Å². The fourth-order valence-electron chi connectivity index (χ4n) is 3.07. The molecule has 3 rings (SSSR count). The predicted molar refractivity (Wildman–Crippen MR) is 86.0 cm³/mol. The number of nitrogens with one attached hydrogen (secondary N) is 1. The number of amides is 1.